The summed E-state index contributed by atoms with van der Waals surface area (Å²) < 4.78 is 12.9. The molecule has 3 rings (SSSR count). The van der Waals surface area contributed by atoms with E-state index in [1.165, 1.54) is 12.1 Å². The minimum Gasteiger partial charge on any atom is -0.368 e. The normalized spacial score (nSPS) is 15.3. The van der Waals surface area contributed by atoms with Crippen LogP contribution in [0.4, 0.5) is 10.1 Å². The van der Waals surface area contributed by atoms with Gasteiger partial charge in [0, 0.05) is 31.9 Å². The monoisotopic (exact) mass is 289 g/mol. The number of amides is 1. The highest BCUT2D eigenvalue weighted by Crippen LogP contribution is 2.17. The van der Waals surface area contributed by atoms with Crippen molar-refractivity contribution >= 4 is 11.6 Å². The van der Waals surface area contributed by atoms with Gasteiger partial charge in [-0.2, -0.15) is 0 Å². The van der Waals surface area contributed by atoms with Gasteiger partial charge in [0.15, 0.2) is 0 Å². The van der Waals surface area contributed by atoms with Gasteiger partial charge < -0.3 is 9.80 Å². The zero-order valence-corrected chi connectivity index (χ0v) is 11.7. The number of anilines is 1. The summed E-state index contributed by atoms with van der Waals surface area (Å²) in [6, 6.07) is 6.41. The molecule has 0 saturated carbocycles. The molecule has 1 aliphatic rings. The largest absolute Gasteiger partial charge is 0.368 e. The van der Waals surface area contributed by atoms with Gasteiger partial charge in [-0.15, -0.1) is 5.10 Å². The van der Waals surface area contributed by atoms with E-state index in [0.29, 0.717) is 32.0 Å². The molecule has 0 unspecified atom stereocenters. The van der Waals surface area contributed by atoms with Crippen molar-refractivity contribution in [2.24, 2.45) is 0 Å². The lowest BCUT2D eigenvalue weighted by atomic mass is 10.2. The smallest absolute Gasteiger partial charge is 0.293 e. The molecule has 21 heavy (non-hydrogen) atoms. The number of piperazine rings is 1. The highest BCUT2D eigenvalue weighted by atomic mass is 19.1. The molecule has 1 saturated heterocycles. The number of aromatic amines is 1. The lowest BCUT2D eigenvalue weighted by molar-refractivity contribution is 0.0735. The molecule has 1 aliphatic heterocycles. The van der Waals surface area contributed by atoms with Crippen LogP contribution >= 0.6 is 0 Å². The molecule has 2 aromatic rings. The molecule has 1 aromatic heterocycles. The zero-order chi connectivity index (χ0) is 14.8. The van der Waals surface area contributed by atoms with Crippen molar-refractivity contribution in [1.82, 2.24) is 20.1 Å². The highest BCUT2D eigenvalue weighted by molar-refractivity contribution is 5.90. The van der Waals surface area contributed by atoms with Gasteiger partial charge in [0.2, 0.25) is 5.82 Å². The fourth-order valence-corrected chi connectivity index (χ4v) is 2.40. The van der Waals surface area contributed by atoms with Crippen LogP contribution in [0.3, 0.4) is 0 Å². The van der Waals surface area contributed by atoms with E-state index in [4.69, 9.17) is 0 Å². The number of H-pyrrole nitrogens is 1. The molecule has 110 valence electrons. The predicted octanol–water partition coefficient (Wildman–Crippen LogP) is 1.21. The van der Waals surface area contributed by atoms with E-state index >= 15 is 0 Å². The Hall–Kier alpha value is -2.44. The average molecular weight is 289 g/mol. The van der Waals surface area contributed by atoms with Gasteiger partial charge in [0.1, 0.15) is 11.6 Å². The van der Waals surface area contributed by atoms with Crippen LogP contribution < -0.4 is 4.90 Å². The summed E-state index contributed by atoms with van der Waals surface area (Å²) in [7, 11) is 0. The summed E-state index contributed by atoms with van der Waals surface area (Å²) in [5, 5.41) is 6.57. The number of rotatable bonds is 2. The maximum absolute atomic E-state index is 12.9. The first kappa shape index (κ1) is 13.5. The Morgan fingerprint density at radius 2 is 1.86 bits per heavy atom. The van der Waals surface area contributed by atoms with Crippen molar-refractivity contribution in [3.63, 3.8) is 0 Å². The van der Waals surface area contributed by atoms with E-state index in [1.54, 1.807) is 24.0 Å². The lowest BCUT2D eigenvalue weighted by Crippen LogP contribution is -2.49. The van der Waals surface area contributed by atoms with Crippen molar-refractivity contribution in [3.05, 3.63) is 41.7 Å². The molecular formula is C14H16FN5O. The van der Waals surface area contributed by atoms with Gasteiger partial charge in [-0.25, -0.2) is 9.37 Å². The second-order valence-electron chi connectivity index (χ2n) is 5.00. The van der Waals surface area contributed by atoms with Crippen molar-refractivity contribution in [3.8, 4) is 0 Å². The number of aryl methyl sites for hydroxylation is 1. The van der Waals surface area contributed by atoms with Crippen molar-refractivity contribution in [1.29, 1.82) is 0 Å². The Bertz CT molecular complexity index is 631. The SMILES string of the molecule is Cc1nc(C(=O)N2CCN(c3ccc(F)cc3)CC2)n[nH]1. The number of halogens is 1. The van der Waals surface area contributed by atoms with Gasteiger partial charge in [0.25, 0.3) is 5.91 Å². The summed E-state index contributed by atoms with van der Waals surface area (Å²) in [5.74, 6) is 0.441. The first-order valence-corrected chi connectivity index (χ1v) is 6.82. The highest BCUT2D eigenvalue weighted by Gasteiger charge is 2.24. The Labute approximate surface area is 121 Å². The van der Waals surface area contributed by atoms with Crippen LogP contribution in [-0.4, -0.2) is 52.2 Å². The third-order valence-corrected chi connectivity index (χ3v) is 3.55. The number of hydrogen-bond acceptors (Lipinski definition) is 4. The summed E-state index contributed by atoms with van der Waals surface area (Å²) in [5.41, 5.74) is 0.970. The van der Waals surface area contributed by atoms with Crippen LogP contribution in [0.15, 0.2) is 24.3 Å². The fraction of sp³-hybridized carbons (Fsp3) is 0.357. The van der Waals surface area contributed by atoms with E-state index in [9.17, 15) is 9.18 Å². The molecule has 1 amide bonds. The van der Waals surface area contributed by atoms with Crippen molar-refractivity contribution < 1.29 is 9.18 Å². The summed E-state index contributed by atoms with van der Waals surface area (Å²) in [6.07, 6.45) is 0. The van der Waals surface area contributed by atoms with Crippen LogP contribution in [-0.2, 0) is 0 Å². The standard InChI is InChI=1S/C14H16FN5O/c1-10-16-13(18-17-10)14(21)20-8-6-19(7-9-20)12-4-2-11(15)3-5-12/h2-5H,6-9H2,1H3,(H,16,17,18). The third-order valence-electron chi connectivity index (χ3n) is 3.55. The Morgan fingerprint density at radius 3 is 2.43 bits per heavy atom. The van der Waals surface area contributed by atoms with Gasteiger partial charge in [-0.3, -0.25) is 9.89 Å². The van der Waals surface area contributed by atoms with E-state index in [-0.39, 0.29) is 17.5 Å². The maximum Gasteiger partial charge on any atom is 0.293 e. The van der Waals surface area contributed by atoms with Gasteiger partial charge in [0.05, 0.1) is 0 Å². The molecular weight excluding hydrogens is 273 g/mol. The second kappa shape index (κ2) is 5.51. The first-order valence-electron chi connectivity index (χ1n) is 6.82. The van der Waals surface area contributed by atoms with Gasteiger partial charge in [-0.1, -0.05) is 0 Å². The molecule has 1 aromatic carbocycles. The van der Waals surface area contributed by atoms with Crippen molar-refractivity contribution in [2.45, 2.75) is 6.92 Å². The number of aromatic nitrogens is 3. The van der Waals surface area contributed by atoms with Crippen molar-refractivity contribution in [2.75, 3.05) is 31.1 Å². The van der Waals surface area contributed by atoms with Crippen LogP contribution in [0, 0.1) is 12.7 Å². The first-order chi connectivity index (χ1) is 10.1. The Kier molecular flexibility index (Phi) is 3.55. The Balaban J connectivity index is 1.62. The molecule has 7 heteroatoms. The molecule has 6 nitrogen and oxygen atoms in total. The quantitative estimate of drug-likeness (QED) is 0.902. The average Bonchev–Trinajstić information content (AvgIpc) is 2.94. The third kappa shape index (κ3) is 2.86. The number of nitrogens with zero attached hydrogens (tertiary/aromatic N) is 4. The molecule has 2 heterocycles. The van der Waals surface area contributed by atoms with Gasteiger partial charge >= 0.3 is 0 Å². The van der Waals surface area contributed by atoms with E-state index < -0.39 is 0 Å². The molecule has 0 spiro atoms. The molecule has 1 N–H and O–H groups in total. The fourth-order valence-electron chi connectivity index (χ4n) is 2.40. The van der Waals surface area contributed by atoms with Gasteiger partial charge in [-0.05, 0) is 31.2 Å². The topological polar surface area (TPSA) is 65.1 Å². The molecule has 0 bridgehead atoms. The number of nitrogens with one attached hydrogen (secondary N) is 1. The number of carbonyl (C=O) groups is 1. The molecule has 0 radical (unpaired) electrons. The summed E-state index contributed by atoms with van der Waals surface area (Å²) >= 11 is 0. The van der Waals surface area contributed by atoms with E-state index in [1.807, 2.05) is 0 Å². The minimum absolute atomic E-state index is 0.155. The predicted molar refractivity (Wildman–Crippen MR) is 75.6 cm³/mol. The van der Waals surface area contributed by atoms with Crippen LogP contribution in [0.1, 0.15) is 16.4 Å². The summed E-state index contributed by atoms with van der Waals surface area (Å²) in [6.45, 7) is 4.38. The lowest BCUT2D eigenvalue weighted by Gasteiger charge is -2.35. The minimum atomic E-state index is -0.243. The molecule has 0 aliphatic carbocycles. The number of benzene rings is 1. The molecule has 0 atom stereocenters. The van der Waals surface area contributed by atoms with Crippen LogP contribution in [0.5, 0.6) is 0 Å². The van der Waals surface area contributed by atoms with Crippen LogP contribution in [0.2, 0.25) is 0 Å². The maximum atomic E-state index is 12.9. The second-order valence-corrected chi connectivity index (χ2v) is 5.00. The number of carbonyl (C=O) groups excluding carboxylic acids is 1. The molecule has 1 fully saturated rings. The van der Waals surface area contributed by atoms with E-state index in [2.05, 4.69) is 20.1 Å². The summed E-state index contributed by atoms with van der Waals surface area (Å²) in [4.78, 5) is 20.1. The number of hydrogen-bond donors (Lipinski definition) is 1. The van der Waals surface area contributed by atoms with E-state index in [0.717, 1.165) is 5.69 Å². The Morgan fingerprint density at radius 1 is 1.19 bits per heavy atom. The zero-order valence-electron chi connectivity index (χ0n) is 11.7. The van der Waals surface area contributed by atoms with Crippen LogP contribution in [0.25, 0.3) is 0 Å².